The third-order valence-corrected chi connectivity index (χ3v) is 8.25. The Bertz CT molecular complexity index is 1380. The number of benzene rings is 3. The van der Waals surface area contributed by atoms with Crippen LogP contribution >= 0.6 is 0 Å². The zero-order valence-electron chi connectivity index (χ0n) is 22.1. The molecule has 40 heavy (non-hydrogen) atoms. The summed E-state index contributed by atoms with van der Waals surface area (Å²) in [5, 5.41) is 11.9. The first-order valence-electron chi connectivity index (χ1n) is 13.3. The molecule has 0 aromatic heterocycles. The van der Waals surface area contributed by atoms with Gasteiger partial charge in [-0.15, -0.1) is 0 Å². The Morgan fingerprint density at radius 1 is 0.925 bits per heavy atom. The average molecular weight is 568 g/mol. The minimum atomic E-state index is -3.57. The van der Waals surface area contributed by atoms with Crippen LogP contribution in [0.15, 0.2) is 83.8 Å². The molecule has 3 aromatic rings. The highest BCUT2D eigenvalue weighted by molar-refractivity contribution is 7.89. The van der Waals surface area contributed by atoms with Crippen LogP contribution < -0.4 is 10.0 Å². The Morgan fingerprint density at radius 3 is 2.20 bits per heavy atom. The van der Waals surface area contributed by atoms with E-state index in [-0.39, 0.29) is 49.4 Å². The van der Waals surface area contributed by atoms with Crippen LogP contribution in [0, 0.1) is 5.82 Å². The predicted molar refractivity (Wildman–Crippen MR) is 149 cm³/mol. The topological polar surface area (TPSA) is 116 Å². The second-order valence-electron chi connectivity index (χ2n) is 9.91. The maximum absolute atomic E-state index is 13.7. The van der Waals surface area contributed by atoms with Crippen molar-refractivity contribution in [2.24, 2.45) is 0 Å². The number of carbonyl (C=O) groups excluding carboxylic acids is 2. The van der Waals surface area contributed by atoms with Gasteiger partial charge >= 0.3 is 0 Å². The molecule has 1 unspecified atom stereocenters. The first-order chi connectivity index (χ1) is 19.2. The third kappa shape index (κ3) is 8.45. The van der Waals surface area contributed by atoms with E-state index in [4.69, 9.17) is 0 Å². The summed E-state index contributed by atoms with van der Waals surface area (Å²) < 4.78 is 41.1. The number of carbonyl (C=O) groups is 2. The average Bonchev–Trinajstić information content (AvgIpc) is 3.77. The van der Waals surface area contributed by atoms with Gasteiger partial charge in [0.25, 0.3) is 0 Å². The standard InChI is InChI=1S/C30H34FN3O5S/c31-25-11-6-24(7-12-25)21-34(28(30(37)32-18-19-35)20-23-4-2-1-3-5-23)29(36)17-10-22-8-15-27(16-9-22)40(38,39)33-26-13-14-26/h1-9,11-12,15-16,26,28,33,35H,10,13-14,17-21H2,(H,32,37). The van der Waals surface area contributed by atoms with E-state index in [0.29, 0.717) is 12.0 Å². The van der Waals surface area contributed by atoms with Gasteiger partial charge in [-0.3, -0.25) is 9.59 Å². The maximum Gasteiger partial charge on any atom is 0.243 e. The minimum Gasteiger partial charge on any atom is -0.395 e. The highest BCUT2D eigenvalue weighted by atomic mass is 32.2. The zero-order valence-corrected chi connectivity index (χ0v) is 22.9. The van der Waals surface area contributed by atoms with Gasteiger partial charge in [0.1, 0.15) is 11.9 Å². The van der Waals surface area contributed by atoms with E-state index in [1.54, 1.807) is 24.3 Å². The van der Waals surface area contributed by atoms with Crippen molar-refractivity contribution in [3.8, 4) is 0 Å². The predicted octanol–water partition coefficient (Wildman–Crippen LogP) is 2.95. The van der Waals surface area contributed by atoms with E-state index in [2.05, 4.69) is 10.0 Å². The molecule has 1 aliphatic carbocycles. The minimum absolute atomic E-state index is 0.00722. The van der Waals surface area contributed by atoms with Crippen molar-refractivity contribution in [3.05, 3.63) is 101 Å². The van der Waals surface area contributed by atoms with E-state index in [1.807, 2.05) is 30.3 Å². The Hall–Kier alpha value is -3.60. The Labute approximate surface area is 234 Å². The summed E-state index contributed by atoms with van der Waals surface area (Å²) in [6.45, 7) is -0.0989. The molecule has 0 bridgehead atoms. The Balaban J connectivity index is 1.53. The molecule has 3 aromatic carbocycles. The number of nitrogens with zero attached hydrogens (tertiary/aromatic N) is 1. The van der Waals surface area contributed by atoms with Crippen molar-refractivity contribution in [2.45, 2.75) is 55.6 Å². The van der Waals surface area contributed by atoms with Gasteiger partial charge in [0.2, 0.25) is 21.8 Å². The van der Waals surface area contributed by atoms with E-state index in [1.165, 1.54) is 29.2 Å². The lowest BCUT2D eigenvalue weighted by molar-refractivity contribution is -0.141. The summed E-state index contributed by atoms with van der Waals surface area (Å²) in [7, 11) is -3.57. The molecular weight excluding hydrogens is 533 g/mol. The number of aryl methyl sites for hydroxylation is 1. The van der Waals surface area contributed by atoms with Gasteiger partial charge in [-0.1, -0.05) is 54.6 Å². The fraction of sp³-hybridized carbons (Fsp3) is 0.333. The van der Waals surface area contributed by atoms with Crippen molar-refractivity contribution in [3.63, 3.8) is 0 Å². The quantitative estimate of drug-likeness (QED) is 0.277. The van der Waals surface area contributed by atoms with Crippen LogP contribution in [-0.2, 0) is 39.0 Å². The lowest BCUT2D eigenvalue weighted by Gasteiger charge is -2.31. The number of sulfonamides is 1. The third-order valence-electron chi connectivity index (χ3n) is 6.71. The van der Waals surface area contributed by atoms with Crippen LogP contribution in [0.3, 0.4) is 0 Å². The van der Waals surface area contributed by atoms with Gasteiger partial charge in [-0.05, 0) is 60.2 Å². The van der Waals surface area contributed by atoms with Gasteiger partial charge in [0.05, 0.1) is 11.5 Å². The molecule has 0 aliphatic heterocycles. The SMILES string of the molecule is O=C(NCCO)C(Cc1ccccc1)N(Cc1ccc(F)cc1)C(=O)CCc1ccc(S(=O)(=O)NC2CC2)cc1. The molecule has 0 radical (unpaired) electrons. The second-order valence-corrected chi connectivity index (χ2v) is 11.6. The highest BCUT2D eigenvalue weighted by Gasteiger charge is 2.30. The smallest absolute Gasteiger partial charge is 0.243 e. The lowest BCUT2D eigenvalue weighted by Crippen LogP contribution is -2.51. The van der Waals surface area contributed by atoms with Crippen molar-refractivity contribution in [1.82, 2.24) is 14.9 Å². The monoisotopic (exact) mass is 567 g/mol. The number of hydrogen-bond acceptors (Lipinski definition) is 5. The van der Waals surface area contributed by atoms with Gasteiger partial charge in [0.15, 0.2) is 0 Å². The molecule has 2 amide bonds. The zero-order chi connectivity index (χ0) is 28.5. The summed E-state index contributed by atoms with van der Waals surface area (Å²) in [5.74, 6) is -1.08. The van der Waals surface area contributed by atoms with Gasteiger partial charge in [-0.25, -0.2) is 17.5 Å². The molecule has 212 valence electrons. The number of aliphatic hydroxyl groups excluding tert-OH is 1. The molecule has 0 heterocycles. The van der Waals surface area contributed by atoms with Crippen LogP contribution in [0.2, 0.25) is 0 Å². The molecule has 1 saturated carbocycles. The van der Waals surface area contributed by atoms with E-state index >= 15 is 0 Å². The molecule has 1 fully saturated rings. The Morgan fingerprint density at radius 2 is 1.57 bits per heavy atom. The van der Waals surface area contributed by atoms with Crippen molar-refractivity contribution in [2.75, 3.05) is 13.2 Å². The van der Waals surface area contributed by atoms with Gasteiger partial charge < -0.3 is 15.3 Å². The van der Waals surface area contributed by atoms with Crippen molar-refractivity contribution < 1.29 is 27.5 Å². The number of hydrogen-bond donors (Lipinski definition) is 3. The summed E-state index contributed by atoms with van der Waals surface area (Å²) in [6, 6.07) is 20.7. The molecule has 10 heteroatoms. The van der Waals surface area contributed by atoms with Crippen LogP contribution in [0.5, 0.6) is 0 Å². The molecule has 0 saturated heterocycles. The van der Waals surface area contributed by atoms with Gasteiger partial charge in [-0.2, -0.15) is 0 Å². The molecule has 1 atom stereocenters. The van der Waals surface area contributed by atoms with Crippen LogP contribution in [-0.4, -0.2) is 55.5 Å². The van der Waals surface area contributed by atoms with Gasteiger partial charge in [0, 0.05) is 32.0 Å². The molecule has 8 nitrogen and oxygen atoms in total. The normalized spacial score (nSPS) is 13.9. The number of amides is 2. The molecular formula is C30H34FN3O5S. The summed E-state index contributed by atoms with van der Waals surface area (Å²) in [4.78, 5) is 28.6. The van der Waals surface area contributed by atoms with Crippen LogP contribution in [0.4, 0.5) is 4.39 Å². The Kier molecular flexibility index (Phi) is 10.0. The van der Waals surface area contributed by atoms with Crippen LogP contribution in [0.1, 0.15) is 36.0 Å². The first-order valence-corrected chi connectivity index (χ1v) is 14.8. The molecule has 3 N–H and O–H groups in total. The fourth-order valence-corrected chi connectivity index (χ4v) is 5.66. The largest absolute Gasteiger partial charge is 0.395 e. The summed E-state index contributed by atoms with van der Waals surface area (Å²) in [5.41, 5.74) is 2.31. The second kappa shape index (κ2) is 13.6. The highest BCUT2D eigenvalue weighted by Crippen LogP contribution is 2.23. The lowest BCUT2D eigenvalue weighted by atomic mass is 10.0. The van der Waals surface area contributed by atoms with E-state index in [0.717, 1.165) is 24.0 Å². The maximum atomic E-state index is 13.7. The molecule has 1 aliphatic rings. The van der Waals surface area contributed by atoms with E-state index in [9.17, 15) is 27.5 Å². The van der Waals surface area contributed by atoms with E-state index < -0.39 is 27.8 Å². The summed E-state index contributed by atoms with van der Waals surface area (Å²) in [6.07, 6.45) is 2.36. The van der Waals surface area contributed by atoms with Crippen molar-refractivity contribution >= 4 is 21.8 Å². The first kappa shape index (κ1) is 29.4. The van der Waals surface area contributed by atoms with Crippen molar-refractivity contribution in [1.29, 1.82) is 0 Å². The molecule has 4 rings (SSSR count). The number of nitrogens with one attached hydrogen (secondary N) is 2. The number of aliphatic hydroxyl groups is 1. The fourth-order valence-electron chi connectivity index (χ4n) is 4.36. The number of rotatable bonds is 14. The number of halogens is 1. The summed E-state index contributed by atoms with van der Waals surface area (Å²) >= 11 is 0. The molecule has 0 spiro atoms. The van der Waals surface area contributed by atoms with Crippen LogP contribution in [0.25, 0.3) is 0 Å².